The number of thiophene rings is 1. The van der Waals surface area contributed by atoms with Crippen LogP contribution in [0.15, 0.2) is 41.1 Å². The van der Waals surface area contributed by atoms with Crippen LogP contribution in [0.25, 0.3) is 10.8 Å². The molecule has 4 rings (SSSR count). The predicted octanol–water partition coefficient (Wildman–Crippen LogP) is 4.13. The maximum absolute atomic E-state index is 13.3. The van der Waals surface area contributed by atoms with Crippen LogP contribution in [0.5, 0.6) is 5.75 Å². The van der Waals surface area contributed by atoms with Gasteiger partial charge in [0, 0.05) is 18.0 Å². The van der Waals surface area contributed by atoms with E-state index in [0.29, 0.717) is 64.9 Å². The van der Waals surface area contributed by atoms with E-state index in [9.17, 15) is 14.7 Å². The van der Waals surface area contributed by atoms with Gasteiger partial charge in [-0.1, -0.05) is 18.2 Å². The third-order valence-electron chi connectivity index (χ3n) is 6.14. The third-order valence-corrected chi connectivity index (χ3v) is 7.37. The van der Waals surface area contributed by atoms with Crippen LogP contribution in [0, 0.1) is 12.8 Å². The molecule has 0 radical (unpaired) electrons. The highest BCUT2D eigenvalue weighted by Gasteiger charge is 2.33. The zero-order valence-corrected chi connectivity index (χ0v) is 22.0. The Kier molecular flexibility index (Phi) is 8.16. The highest BCUT2D eigenvalue weighted by atomic mass is 32.1. The van der Waals surface area contributed by atoms with Crippen LogP contribution in [-0.2, 0) is 14.3 Å². The summed E-state index contributed by atoms with van der Waals surface area (Å²) in [6, 6.07) is 7.64. The van der Waals surface area contributed by atoms with Gasteiger partial charge in [0.2, 0.25) is 5.89 Å². The molecule has 1 aliphatic rings. The van der Waals surface area contributed by atoms with E-state index in [-0.39, 0.29) is 6.10 Å². The lowest BCUT2D eigenvalue weighted by atomic mass is 10.0. The molecule has 1 fully saturated rings. The van der Waals surface area contributed by atoms with Crippen molar-refractivity contribution >= 4 is 28.2 Å². The highest BCUT2D eigenvalue weighted by Crippen LogP contribution is 2.40. The van der Waals surface area contributed by atoms with Crippen molar-refractivity contribution in [3.05, 3.63) is 53.4 Å². The van der Waals surface area contributed by atoms with Gasteiger partial charge in [0.05, 0.1) is 43.6 Å². The quantitative estimate of drug-likeness (QED) is 0.317. The zero-order valence-electron chi connectivity index (χ0n) is 21.2. The number of aromatic nitrogens is 1. The molecule has 0 spiro atoms. The van der Waals surface area contributed by atoms with Crippen molar-refractivity contribution in [2.75, 3.05) is 38.8 Å². The van der Waals surface area contributed by atoms with Crippen molar-refractivity contribution in [1.29, 1.82) is 0 Å². The second-order valence-corrected chi connectivity index (χ2v) is 10.4. The average molecular weight is 530 g/mol. The largest absolute Gasteiger partial charge is 0.496 e. The number of carbonyl (C=O) groups excluding carboxylic acids is 1. The fraction of sp³-hybridized carbons (Fsp3) is 0.423. The fourth-order valence-electron chi connectivity index (χ4n) is 3.86. The number of hydrogen-bond donors (Lipinski definition) is 3. The number of rotatable bonds is 12. The number of carboxylic acids is 1. The lowest BCUT2D eigenvalue weighted by Gasteiger charge is -2.29. The van der Waals surface area contributed by atoms with E-state index in [1.54, 1.807) is 14.0 Å². The molecule has 1 aliphatic heterocycles. The van der Waals surface area contributed by atoms with Gasteiger partial charge in [-0.3, -0.25) is 4.79 Å². The minimum absolute atomic E-state index is 0.331. The van der Waals surface area contributed by atoms with E-state index >= 15 is 0 Å². The van der Waals surface area contributed by atoms with Gasteiger partial charge < -0.3 is 34.4 Å². The summed E-state index contributed by atoms with van der Waals surface area (Å²) in [7, 11) is 1.61. The Hall–Kier alpha value is -3.41. The molecule has 3 aromatic rings. The van der Waals surface area contributed by atoms with Crippen molar-refractivity contribution < 1.29 is 33.3 Å². The second kappa shape index (κ2) is 11.3. The Morgan fingerprint density at radius 2 is 2.05 bits per heavy atom. The summed E-state index contributed by atoms with van der Waals surface area (Å²) in [4.78, 5) is 29.9. The van der Waals surface area contributed by atoms with Crippen LogP contribution in [0.2, 0.25) is 0 Å². The first-order valence-electron chi connectivity index (χ1n) is 11.9. The van der Waals surface area contributed by atoms with Crippen LogP contribution in [-0.4, -0.2) is 61.0 Å². The molecule has 0 bridgehead atoms. The van der Waals surface area contributed by atoms with Gasteiger partial charge in [-0.05, 0) is 32.4 Å². The zero-order chi connectivity index (χ0) is 26.6. The molecule has 1 saturated heterocycles. The molecule has 10 nitrogen and oxygen atoms in total. The summed E-state index contributed by atoms with van der Waals surface area (Å²) in [6.07, 6.45) is 2.62. The number of nitrogens with one attached hydrogen (secondary N) is 2. The summed E-state index contributed by atoms with van der Waals surface area (Å²) in [5, 5.41) is 16.1. The number of carbonyl (C=O) groups is 2. The van der Waals surface area contributed by atoms with Crippen molar-refractivity contribution in [2.45, 2.75) is 32.4 Å². The van der Waals surface area contributed by atoms with Crippen LogP contribution in [0.4, 0.5) is 5.00 Å². The molecule has 0 saturated carbocycles. The average Bonchev–Trinajstić information content (AvgIpc) is 3.47. The summed E-state index contributed by atoms with van der Waals surface area (Å²) in [5.74, 6) is -0.242. The van der Waals surface area contributed by atoms with Crippen molar-refractivity contribution in [3.8, 4) is 16.5 Å². The maximum Gasteiger partial charge on any atom is 0.328 e. The first-order chi connectivity index (χ1) is 17.7. The molecule has 3 N–H and O–H groups in total. The van der Waals surface area contributed by atoms with Crippen molar-refractivity contribution in [1.82, 2.24) is 10.3 Å². The number of carboxylic acid groups (broad SMARTS) is 1. The number of methoxy groups -OCH3 is 1. The van der Waals surface area contributed by atoms with Gasteiger partial charge in [0.1, 0.15) is 28.7 Å². The Balaban J connectivity index is 1.64. The van der Waals surface area contributed by atoms with E-state index in [1.165, 1.54) is 37.6 Å². The minimum Gasteiger partial charge on any atom is -0.496 e. The van der Waals surface area contributed by atoms with E-state index in [1.807, 2.05) is 24.3 Å². The molecule has 3 heterocycles. The van der Waals surface area contributed by atoms with Crippen LogP contribution in [0.3, 0.4) is 0 Å². The summed E-state index contributed by atoms with van der Waals surface area (Å²) >= 11 is 1.31. The number of ether oxygens (including phenoxy) is 3. The van der Waals surface area contributed by atoms with Crippen LogP contribution in [0.1, 0.15) is 41.4 Å². The molecular weight excluding hydrogens is 498 g/mol. The molecule has 198 valence electrons. The van der Waals surface area contributed by atoms with E-state index in [4.69, 9.17) is 18.6 Å². The first kappa shape index (κ1) is 26.6. The summed E-state index contributed by atoms with van der Waals surface area (Å²) < 4.78 is 22.6. The first-order valence-corrected chi connectivity index (χ1v) is 12.7. The summed E-state index contributed by atoms with van der Waals surface area (Å²) in [6.45, 7) is 6.85. The number of amides is 1. The Labute approximate surface area is 218 Å². The lowest BCUT2D eigenvalue weighted by molar-refractivity contribution is -0.143. The monoisotopic (exact) mass is 529 g/mol. The van der Waals surface area contributed by atoms with Gasteiger partial charge in [-0.2, -0.15) is 0 Å². The van der Waals surface area contributed by atoms with Crippen molar-refractivity contribution in [3.63, 3.8) is 0 Å². The number of aliphatic carboxylic acids is 1. The normalized spacial score (nSPS) is 14.6. The number of nitrogens with zero attached hydrogens (tertiary/aromatic N) is 1. The Morgan fingerprint density at radius 3 is 2.68 bits per heavy atom. The molecule has 1 unspecified atom stereocenters. The molecular formula is C26H31N3O7S. The Morgan fingerprint density at radius 1 is 1.30 bits per heavy atom. The fourth-order valence-corrected chi connectivity index (χ4v) is 5.01. The number of hydrogen-bond acceptors (Lipinski definition) is 9. The van der Waals surface area contributed by atoms with Gasteiger partial charge in [-0.15, -0.1) is 11.3 Å². The van der Waals surface area contributed by atoms with Gasteiger partial charge >= 0.3 is 5.97 Å². The highest BCUT2D eigenvalue weighted by molar-refractivity contribution is 7.20. The number of oxazole rings is 1. The van der Waals surface area contributed by atoms with E-state index in [0.717, 1.165) is 5.56 Å². The number of benzene rings is 1. The van der Waals surface area contributed by atoms with Gasteiger partial charge in [0.15, 0.2) is 0 Å². The SMILES string of the molecule is COc1ccccc1C(CNc1sc(-c2ncco2)c(C)c1C(=O)NC(C)(C)C(=O)O)OCC1COC1. The standard InChI is InChI=1S/C26H31N3O7S/c1-15-20(22(30)29-26(2,3)25(31)32)24(37-21(15)23-27-9-10-35-23)28-11-19(36-14-16-12-34-13-16)17-7-5-6-8-18(17)33-4/h5-10,16,19,28H,11-14H2,1-4H3,(H,29,30)(H,31,32). The Bertz CT molecular complexity index is 1240. The van der Waals surface area contributed by atoms with Gasteiger partial charge in [0.25, 0.3) is 5.91 Å². The summed E-state index contributed by atoms with van der Waals surface area (Å²) in [5.41, 5.74) is 0.380. The van der Waals surface area contributed by atoms with Crippen molar-refractivity contribution in [2.24, 2.45) is 5.92 Å². The number of anilines is 1. The predicted molar refractivity (Wildman–Crippen MR) is 138 cm³/mol. The molecule has 1 atom stereocenters. The van der Waals surface area contributed by atoms with E-state index < -0.39 is 17.4 Å². The maximum atomic E-state index is 13.3. The topological polar surface area (TPSA) is 132 Å². The smallest absolute Gasteiger partial charge is 0.328 e. The molecule has 2 aromatic heterocycles. The second-order valence-electron chi connectivity index (χ2n) is 9.33. The minimum atomic E-state index is -1.46. The lowest BCUT2D eigenvalue weighted by Crippen LogP contribution is -2.49. The molecule has 1 amide bonds. The van der Waals surface area contributed by atoms with Crippen LogP contribution < -0.4 is 15.4 Å². The van der Waals surface area contributed by atoms with Crippen LogP contribution >= 0.6 is 11.3 Å². The van der Waals surface area contributed by atoms with Gasteiger partial charge in [-0.25, -0.2) is 9.78 Å². The molecule has 11 heteroatoms. The molecule has 37 heavy (non-hydrogen) atoms. The third kappa shape index (κ3) is 5.95. The molecule has 0 aliphatic carbocycles. The molecule has 1 aromatic carbocycles. The van der Waals surface area contributed by atoms with E-state index in [2.05, 4.69) is 15.6 Å². The number of para-hydroxylation sites is 1.